The molecule has 3 heterocycles. The molecule has 6 nitrogen and oxygen atoms in total. The van der Waals surface area contributed by atoms with Gasteiger partial charge >= 0.3 is 0 Å². The van der Waals surface area contributed by atoms with Gasteiger partial charge in [0.2, 0.25) is 5.91 Å². The molecular weight excluding hydrogens is 312 g/mol. The van der Waals surface area contributed by atoms with Gasteiger partial charge in [-0.05, 0) is 37.0 Å². The molecule has 2 N–H and O–H groups in total. The molecule has 0 spiro atoms. The van der Waals surface area contributed by atoms with Crippen molar-refractivity contribution in [2.45, 2.75) is 25.8 Å². The van der Waals surface area contributed by atoms with Gasteiger partial charge in [0.15, 0.2) is 0 Å². The highest BCUT2D eigenvalue weighted by atomic mass is 32.1. The zero-order chi connectivity index (χ0) is 15.6. The van der Waals surface area contributed by atoms with Crippen molar-refractivity contribution < 1.29 is 9.21 Å². The Balaban J connectivity index is 1.44. The SMILES string of the molecule is O=C(CNc1ncnc2sc3c(c12)CCC3)NCc1ccco1. The summed E-state index contributed by atoms with van der Waals surface area (Å²) in [6, 6.07) is 3.63. The van der Waals surface area contributed by atoms with Crippen LogP contribution in [0.25, 0.3) is 10.2 Å². The van der Waals surface area contributed by atoms with Crippen LogP contribution in [0.4, 0.5) is 5.82 Å². The number of rotatable bonds is 5. The van der Waals surface area contributed by atoms with E-state index in [0.29, 0.717) is 6.54 Å². The molecule has 0 unspecified atom stereocenters. The number of furan rings is 1. The molecule has 0 aromatic carbocycles. The minimum atomic E-state index is -0.0972. The summed E-state index contributed by atoms with van der Waals surface area (Å²) in [6.07, 6.45) is 6.53. The van der Waals surface area contributed by atoms with Crippen LogP contribution in [0.2, 0.25) is 0 Å². The van der Waals surface area contributed by atoms with Gasteiger partial charge in [-0.2, -0.15) is 0 Å². The molecule has 0 radical (unpaired) electrons. The Bertz CT molecular complexity index is 841. The third-order valence-electron chi connectivity index (χ3n) is 3.96. The molecule has 118 valence electrons. The Kier molecular flexibility index (Phi) is 3.70. The molecule has 1 aliphatic carbocycles. The number of thiophene rings is 1. The fourth-order valence-corrected chi connectivity index (χ4v) is 4.12. The fourth-order valence-electron chi connectivity index (χ4n) is 2.89. The van der Waals surface area contributed by atoms with Crippen LogP contribution < -0.4 is 10.6 Å². The maximum Gasteiger partial charge on any atom is 0.239 e. The Morgan fingerprint density at radius 2 is 2.30 bits per heavy atom. The van der Waals surface area contributed by atoms with Gasteiger partial charge in [0.25, 0.3) is 0 Å². The van der Waals surface area contributed by atoms with E-state index in [1.807, 2.05) is 6.07 Å². The summed E-state index contributed by atoms with van der Waals surface area (Å²) in [7, 11) is 0. The number of aromatic nitrogens is 2. The third kappa shape index (κ3) is 2.79. The van der Waals surface area contributed by atoms with Crippen LogP contribution in [-0.4, -0.2) is 22.4 Å². The molecule has 0 fully saturated rings. The van der Waals surface area contributed by atoms with Crippen LogP contribution in [0, 0.1) is 0 Å². The first-order valence-corrected chi connectivity index (χ1v) is 8.41. The molecule has 3 aromatic rings. The van der Waals surface area contributed by atoms with E-state index in [2.05, 4.69) is 20.6 Å². The van der Waals surface area contributed by atoms with Gasteiger partial charge in [-0.1, -0.05) is 0 Å². The van der Waals surface area contributed by atoms with E-state index in [0.717, 1.165) is 34.6 Å². The largest absolute Gasteiger partial charge is 0.467 e. The molecule has 23 heavy (non-hydrogen) atoms. The number of anilines is 1. The second kappa shape index (κ2) is 6.00. The molecule has 0 bridgehead atoms. The van der Waals surface area contributed by atoms with Crippen molar-refractivity contribution in [3.8, 4) is 0 Å². The van der Waals surface area contributed by atoms with Gasteiger partial charge in [0, 0.05) is 4.88 Å². The van der Waals surface area contributed by atoms with Crippen molar-refractivity contribution in [1.29, 1.82) is 0 Å². The molecular formula is C16H16N4O2S. The van der Waals surface area contributed by atoms with Gasteiger partial charge in [-0.25, -0.2) is 9.97 Å². The van der Waals surface area contributed by atoms with Crippen molar-refractivity contribution in [2.24, 2.45) is 0 Å². The number of hydrogen-bond acceptors (Lipinski definition) is 6. The van der Waals surface area contributed by atoms with E-state index < -0.39 is 0 Å². The zero-order valence-corrected chi connectivity index (χ0v) is 13.3. The summed E-state index contributed by atoms with van der Waals surface area (Å²) in [6.45, 7) is 0.567. The average Bonchev–Trinajstić information content (AvgIpc) is 3.26. The van der Waals surface area contributed by atoms with Gasteiger partial charge in [0.1, 0.15) is 22.7 Å². The van der Waals surface area contributed by atoms with E-state index >= 15 is 0 Å². The van der Waals surface area contributed by atoms with Crippen LogP contribution in [0.15, 0.2) is 29.1 Å². The minimum absolute atomic E-state index is 0.0972. The molecule has 0 atom stereocenters. The molecule has 0 saturated carbocycles. The molecule has 0 aliphatic heterocycles. The van der Waals surface area contributed by atoms with E-state index in [-0.39, 0.29) is 12.5 Å². The highest BCUT2D eigenvalue weighted by molar-refractivity contribution is 7.19. The van der Waals surface area contributed by atoms with E-state index in [1.165, 1.54) is 16.9 Å². The molecule has 0 saturated heterocycles. The normalized spacial score (nSPS) is 13.2. The van der Waals surface area contributed by atoms with Crippen LogP contribution in [0.5, 0.6) is 0 Å². The molecule has 3 aromatic heterocycles. The van der Waals surface area contributed by atoms with Crippen molar-refractivity contribution in [2.75, 3.05) is 11.9 Å². The van der Waals surface area contributed by atoms with E-state index in [4.69, 9.17) is 4.42 Å². The summed E-state index contributed by atoms with van der Waals surface area (Å²) in [5.41, 5.74) is 1.35. The lowest BCUT2D eigenvalue weighted by molar-refractivity contribution is -0.119. The van der Waals surface area contributed by atoms with Crippen molar-refractivity contribution in [3.05, 3.63) is 40.9 Å². The molecule has 1 amide bonds. The van der Waals surface area contributed by atoms with Gasteiger partial charge in [-0.15, -0.1) is 11.3 Å². The van der Waals surface area contributed by atoms with Crippen LogP contribution >= 0.6 is 11.3 Å². The summed E-state index contributed by atoms with van der Waals surface area (Å²) in [5.74, 6) is 1.39. The molecule has 1 aliphatic rings. The third-order valence-corrected chi connectivity index (χ3v) is 5.16. The van der Waals surface area contributed by atoms with Crippen molar-refractivity contribution in [1.82, 2.24) is 15.3 Å². The predicted octanol–water partition coefficient (Wildman–Crippen LogP) is 2.50. The average molecular weight is 328 g/mol. The van der Waals surface area contributed by atoms with Crippen molar-refractivity contribution >= 4 is 33.3 Å². The zero-order valence-electron chi connectivity index (χ0n) is 12.5. The van der Waals surface area contributed by atoms with Crippen LogP contribution in [0.3, 0.4) is 0 Å². The topological polar surface area (TPSA) is 80.0 Å². The van der Waals surface area contributed by atoms with Crippen LogP contribution in [-0.2, 0) is 24.2 Å². The maximum absolute atomic E-state index is 12.0. The summed E-state index contributed by atoms with van der Waals surface area (Å²) in [4.78, 5) is 23.1. The number of nitrogens with zero attached hydrogens (tertiary/aromatic N) is 2. The smallest absolute Gasteiger partial charge is 0.239 e. The first-order valence-electron chi connectivity index (χ1n) is 7.59. The Morgan fingerprint density at radius 1 is 1.35 bits per heavy atom. The first kappa shape index (κ1) is 14.2. The van der Waals surface area contributed by atoms with E-state index in [9.17, 15) is 4.79 Å². The number of carbonyl (C=O) groups is 1. The lowest BCUT2D eigenvalue weighted by atomic mass is 10.2. The summed E-state index contributed by atoms with van der Waals surface area (Å²) in [5, 5.41) is 7.05. The summed E-state index contributed by atoms with van der Waals surface area (Å²) >= 11 is 1.74. The second-order valence-electron chi connectivity index (χ2n) is 5.47. The van der Waals surface area contributed by atoms with Crippen molar-refractivity contribution in [3.63, 3.8) is 0 Å². The Hall–Kier alpha value is -2.41. The number of hydrogen-bond donors (Lipinski definition) is 2. The van der Waals surface area contributed by atoms with Gasteiger partial charge in [0.05, 0.1) is 24.7 Å². The number of amides is 1. The number of fused-ring (bicyclic) bond motifs is 3. The second-order valence-corrected chi connectivity index (χ2v) is 6.55. The lowest BCUT2D eigenvalue weighted by Gasteiger charge is -2.08. The number of nitrogens with one attached hydrogen (secondary N) is 2. The highest BCUT2D eigenvalue weighted by Crippen LogP contribution is 2.38. The number of carbonyl (C=O) groups excluding carboxylic acids is 1. The Labute approximate surface area is 136 Å². The lowest BCUT2D eigenvalue weighted by Crippen LogP contribution is -2.29. The monoisotopic (exact) mass is 328 g/mol. The number of aryl methyl sites for hydroxylation is 2. The molecule has 7 heteroatoms. The fraction of sp³-hybridized carbons (Fsp3) is 0.312. The van der Waals surface area contributed by atoms with E-state index in [1.54, 1.807) is 30.0 Å². The minimum Gasteiger partial charge on any atom is -0.467 e. The summed E-state index contributed by atoms with van der Waals surface area (Å²) < 4.78 is 5.19. The Morgan fingerprint density at radius 3 is 3.17 bits per heavy atom. The molecule has 4 rings (SSSR count). The quantitative estimate of drug-likeness (QED) is 0.752. The van der Waals surface area contributed by atoms with Gasteiger partial charge in [-0.3, -0.25) is 4.79 Å². The predicted molar refractivity (Wildman–Crippen MR) is 88.5 cm³/mol. The highest BCUT2D eigenvalue weighted by Gasteiger charge is 2.21. The maximum atomic E-state index is 12.0. The van der Waals surface area contributed by atoms with Gasteiger partial charge < -0.3 is 15.1 Å². The first-order chi connectivity index (χ1) is 11.3. The standard InChI is InChI=1S/C16H16N4O2S/c21-13(17-7-10-3-2-6-22-10)8-18-15-14-11-4-1-5-12(11)23-16(14)20-9-19-15/h2-3,6,9H,1,4-5,7-8H2,(H,17,21)(H,18,19,20). The van der Waals surface area contributed by atoms with Crippen LogP contribution in [0.1, 0.15) is 22.6 Å².